The number of alkyl halides is 2. The predicted molar refractivity (Wildman–Crippen MR) is 61.3 cm³/mol. The van der Waals surface area contributed by atoms with E-state index in [9.17, 15) is 28.6 Å². The average Bonchev–Trinajstić information content (AvgIpc) is 2.37. The van der Waals surface area contributed by atoms with E-state index in [1.165, 1.54) is 4.90 Å². The minimum Gasteiger partial charge on any atom is -0.547 e. The van der Waals surface area contributed by atoms with Gasteiger partial charge in [-0.1, -0.05) is 0 Å². The van der Waals surface area contributed by atoms with E-state index in [1.807, 2.05) is 0 Å². The zero-order valence-electron chi connectivity index (χ0n) is 11.3. The lowest BCUT2D eigenvalue weighted by atomic mass is 9.88. The van der Waals surface area contributed by atoms with Crippen molar-refractivity contribution in [2.75, 3.05) is 32.7 Å². The van der Waals surface area contributed by atoms with Crippen LogP contribution in [0.25, 0.3) is 0 Å². The van der Waals surface area contributed by atoms with Gasteiger partial charge in [0.15, 0.2) is 0 Å². The lowest BCUT2D eigenvalue weighted by molar-refractivity contribution is -0.327. The highest BCUT2D eigenvalue weighted by Crippen LogP contribution is 2.32. The van der Waals surface area contributed by atoms with Gasteiger partial charge in [0.1, 0.15) is 12.2 Å². The number of carbonyl (C=O) groups is 2. The molecule has 21 heavy (non-hydrogen) atoms. The molecule has 0 aromatic carbocycles. The largest absolute Gasteiger partial charge is 0.547 e. The highest BCUT2D eigenvalue weighted by molar-refractivity contribution is 5.70. The maximum Gasteiger partial charge on any atom is 0.251 e. The van der Waals surface area contributed by atoms with Gasteiger partial charge in [0.05, 0.1) is 18.1 Å². The minimum atomic E-state index is -2.58. The Morgan fingerprint density at radius 2 is 1.90 bits per heavy atom. The first-order chi connectivity index (χ1) is 9.81. The molecule has 0 aromatic rings. The van der Waals surface area contributed by atoms with E-state index >= 15 is 0 Å². The molecule has 0 bridgehead atoms. The summed E-state index contributed by atoms with van der Waals surface area (Å²) < 4.78 is 30.6. The number of likely N-dealkylation sites (tertiary alicyclic amines) is 1. The molecule has 0 radical (unpaired) electrons. The normalized spacial score (nSPS) is 26.2. The highest BCUT2D eigenvalue weighted by Gasteiger charge is 2.43. The summed E-state index contributed by atoms with van der Waals surface area (Å²) in [6.45, 7) is -0.283. The third kappa shape index (κ3) is 3.79. The number of carbonyl (C=O) groups excluding carboxylic acids is 2. The molecule has 1 unspecified atom stereocenters. The molecule has 0 aromatic heterocycles. The van der Waals surface area contributed by atoms with Gasteiger partial charge in [-0.2, -0.15) is 0 Å². The van der Waals surface area contributed by atoms with Crippen LogP contribution in [-0.4, -0.2) is 72.7 Å². The molecule has 0 saturated carbocycles. The number of morpholine rings is 1. The summed E-state index contributed by atoms with van der Waals surface area (Å²) in [5.74, 6) is -1.45. The molecule has 1 atom stereocenters. The van der Waals surface area contributed by atoms with E-state index in [4.69, 9.17) is 4.74 Å². The Morgan fingerprint density at radius 1 is 1.29 bits per heavy atom. The molecule has 2 aliphatic rings. The van der Waals surface area contributed by atoms with Crippen LogP contribution in [0, 0.1) is 0 Å². The van der Waals surface area contributed by atoms with Crippen molar-refractivity contribution < 1.29 is 33.3 Å². The van der Waals surface area contributed by atoms with E-state index < -0.39 is 36.7 Å². The number of halogens is 2. The van der Waals surface area contributed by atoms with Crippen LogP contribution in [0.15, 0.2) is 0 Å². The number of piperidine rings is 1. The molecule has 1 amide bonds. The fourth-order valence-electron chi connectivity index (χ4n) is 2.91. The second-order valence-corrected chi connectivity index (χ2v) is 5.45. The van der Waals surface area contributed by atoms with Crippen molar-refractivity contribution in [3.05, 3.63) is 0 Å². The number of carboxylic acids is 1. The van der Waals surface area contributed by atoms with Gasteiger partial charge in [0.25, 0.3) is 6.43 Å². The number of aliphatic carboxylic acids is 1. The number of hydrogen-bond donors (Lipinski definition) is 0. The highest BCUT2D eigenvalue weighted by atomic mass is 19.3. The first-order valence-electron chi connectivity index (χ1n) is 6.66. The van der Waals surface area contributed by atoms with Crippen LogP contribution in [0.3, 0.4) is 0 Å². The third-order valence-electron chi connectivity index (χ3n) is 3.92. The van der Waals surface area contributed by atoms with E-state index in [1.54, 1.807) is 0 Å². The Hall–Kier alpha value is -1.48. The van der Waals surface area contributed by atoms with Crippen LogP contribution >= 0.6 is 0 Å². The Kier molecular flexibility index (Phi) is 4.62. The molecule has 1 spiro atoms. The standard InChI is InChI=1S/C12H18F2N2O5/c13-9(14)6-15-5-8(10(17)18)21-12(7-15)1-3-16(4-2-12)11(19)20/h8-9H,1-7H2,(H,17,18)(H,19,20)/p-2. The topological polar surface area (TPSA) is 96.0 Å². The number of nitrogens with zero attached hydrogens (tertiary/aromatic N) is 2. The van der Waals surface area contributed by atoms with Gasteiger partial charge < -0.3 is 29.4 Å². The van der Waals surface area contributed by atoms with E-state index in [0.29, 0.717) is 0 Å². The molecule has 2 heterocycles. The zero-order valence-corrected chi connectivity index (χ0v) is 11.3. The van der Waals surface area contributed by atoms with Crippen LogP contribution in [0.5, 0.6) is 0 Å². The van der Waals surface area contributed by atoms with E-state index in [0.717, 1.165) is 4.90 Å². The van der Waals surface area contributed by atoms with Crippen molar-refractivity contribution in [3.8, 4) is 0 Å². The van der Waals surface area contributed by atoms with Gasteiger partial charge in [-0.05, 0) is 12.8 Å². The lowest BCUT2D eigenvalue weighted by Crippen LogP contribution is -2.64. The number of amides is 1. The smallest absolute Gasteiger partial charge is 0.251 e. The van der Waals surface area contributed by atoms with Gasteiger partial charge >= 0.3 is 0 Å². The number of carboxylic acid groups (broad SMARTS) is 2. The minimum absolute atomic E-state index is 0.130. The molecule has 2 saturated heterocycles. The summed E-state index contributed by atoms with van der Waals surface area (Å²) >= 11 is 0. The fourth-order valence-corrected chi connectivity index (χ4v) is 2.91. The van der Waals surface area contributed by atoms with Crippen LogP contribution in [0.1, 0.15) is 12.8 Å². The monoisotopic (exact) mass is 306 g/mol. The second kappa shape index (κ2) is 6.10. The Bertz CT molecular complexity index is 412. The van der Waals surface area contributed by atoms with Crippen molar-refractivity contribution in [1.82, 2.24) is 9.80 Å². The molecule has 2 fully saturated rings. The van der Waals surface area contributed by atoms with Crippen molar-refractivity contribution in [1.29, 1.82) is 0 Å². The van der Waals surface area contributed by atoms with E-state index in [2.05, 4.69) is 0 Å². The summed E-state index contributed by atoms with van der Waals surface area (Å²) in [7, 11) is 0. The quantitative estimate of drug-likeness (QED) is 0.591. The molecule has 2 aliphatic heterocycles. The second-order valence-electron chi connectivity index (χ2n) is 5.45. The van der Waals surface area contributed by atoms with Gasteiger partial charge in [-0.15, -0.1) is 0 Å². The van der Waals surface area contributed by atoms with Gasteiger partial charge in [0.2, 0.25) is 0 Å². The van der Waals surface area contributed by atoms with E-state index in [-0.39, 0.29) is 39.0 Å². The molecular formula is C12H16F2N2O5-2. The summed E-state index contributed by atoms with van der Waals surface area (Å²) in [5.41, 5.74) is -0.927. The molecule has 9 heteroatoms. The molecule has 7 nitrogen and oxygen atoms in total. The SMILES string of the molecule is O=C([O-])C1CN(CC(F)F)CC2(CCN(C(=O)[O-])CC2)O1. The summed E-state index contributed by atoms with van der Waals surface area (Å²) in [5, 5.41) is 21.8. The maximum atomic E-state index is 12.5. The molecule has 0 aliphatic carbocycles. The first kappa shape index (κ1) is 15.9. The Labute approximate surface area is 120 Å². The lowest BCUT2D eigenvalue weighted by Gasteiger charge is -2.50. The summed E-state index contributed by atoms with van der Waals surface area (Å²) in [6.07, 6.45) is -4.69. The molecule has 2 rings (SSSR count). The predicted octanol–water partition coefficient (Wildman–Crippen LogP) is -2.12. The van der Waals surface area contributed by atoms with Gasteiger partial charge in [0, 0.05) is 26.2 Å². The molecule has 0 N–H and O–H groups in total. The van der Waals surface area contributed by atoms with Gasteiger partial charge in [-0.3, -0.25) is 4.90 Å². The van der Waals surface area contributed by atoms with Crippen molar-refractivity contribution in [2.45, 2.75) is 31.0 Å². The van der Waals surface area contributed by atoms with Crippen molar-refractivity contribution >= 4 is 12.1 Å². The maximum absolute atomic E-state index is 12.5. The Morgan fingerprint density at radius 3 is 2.38 bits per heavy atom. The van der Waals surface area contributed by atoms with Crippen LogP contribution in [0.4, 0.5) is 13.6 Å². The average molecular weight is 306 g/mol. The van der Waals surface area contributed by atoms with Crippen molar-refractivity contribution in [2.24, 2.45) is 0 Å². The van der Waals surface area contributed by atoms with Crippen LogP contribution < -0.4 is 10.2 Å². The number of ether oxygens (including phenoxy) is 1. The van der Waals surface area contributed by atoms with Crippen LogP contribution in [0.2, 0.25) is 0 Å². The summed E-state index contributed by atoms with van der Waals surface area (Å²) in [6, 6.07) is 0. The number of hydrogen-bond acceptors (Lipinski definition) is 6. The molecule has 120 valence electrons. The van der Waals surface area contributed by atoms with Crippen LogP contribution in [-0.2, 0) is 9.53 Å². The van der Waals surface area contributed by atoms with Gasteiger partial charge in [-0.25, -0.2) is 8.78 Å². The third-order valence-corrected chi connectivity index (χ3v) is 3.92. The Balaban J connectivity index is 2.07. The molecular weight excluding hydrogens is 290 g/mol. The first-order valence-corrected chi connectivity index (χ1v) is 6.66. The number of rotatable bonds is 3. The fraction of sp³-hybridized carbons (Fsp3) is 0.833. The zero-order chi connectivity index (χ0) is 15.6. The summed E-state index contributed by atoms with van der Waals surface area (Å²) in [4.78, 5) is 24.2. The van der Waals surface area contributed by atoms with Crippen molar-refractivity contribution in [3.63, 3.8) is 0 Å².